The Morgan fingerprint density at radius 2 is 1.64 bits per heavy atom. The number of halogens is 2. The van der Waals surface area contributed by atoms with E-state index in [1.807, 2.05) is 18.7 Å². The third-order valence-corrected chi connectivity index (χ3v) is 5.34. The Hall–Kier alpha value is -1.80. The number of hydrogen-bond acceptors (Lipinski definition) is 4. The molecule has 2 rings (SSSR count). The second-order valence-corrected chi connectivity index (χ2v) is 7.76. The average Bonchev–Trinajstić information content (AvgIpc) is 2.56. The zero-order valence-corrected chi connectivity index (χ0v) is 15.8. The van der Waals surface area contributed by atoms with Crippen LogP contribution in [0.1, 0.15) is 11.1 Å². The maximum Gasteiger partial charge on any atom is 0.272 e. The SMILES string of the molecule is Cc1cc(OCC(=O)NNS(=O)(=O)c2ccc(Cl)cc2)cc(C)c1Cl. The maximum absolute atomic E-state index is 12.0. The van der Waals surface area contributed by atoms with Crippen LogP contribution in [0.4, 0.5) is 0 Å². The maximum atomic E-state index is 12.0. The lowest BCUT2D eigenvalue weighted by Gasteiger charge is -2.11. The highest BCUT2D eigenvalue weighted by atomic mass is 35.5. The first-order valence-electron chi connectivity index (χ1n) is 7.15. The van der Waals surface area contributed by atoms with E-state index in [4.69, 9.17) is 27.9 Å². The molecule has 0 heterocycles. The van der Waals surface area contributed by atoms with Crippen LogP contribution in [0.2, 0.25) is 10.0 Å². The second-order valence-electron chi connectivity index (χ2n) is 5.27. The number of hydrazine groups is 1. The lowest BCUT2D eigenvalue weighted by atomic mass is 10.1. The largest absolute Gasteiger partial charge is 0.484 e. The molecule has 0 atom stereocenters. The fraction of sp³-hybridized carbons (Fsp3) is 0.188. The minimum absolute atomic E-state index is 0.0259. The molecule has 0 fully saturated rings. The number of carbonyl (C=O) groups is 1. The molecule has 0 aliphatic rings. The number of benzene rings is 2. The van der Waals surface area contributed by atoms with E-state index in [-0.39, 0.29) is 11.5 Å². The van der Waals surface area contributed by atoms with Gasteiger partial charge in [0.25, 0.3) is 15.9 Å². The van der Waals surface area contributed by atoms with E-state index in [0.29, 0.717) is 15.8 Å². The van der Waals surface area contributed by atoms with Crippen LogP contribution >= 0.6 is 23.2 Å². The molecule has 0 aromatic heterocycles. The molecule has 2 N–H and O–H groups in total. The van der Waals surface area contributed by atoms with E-state index in [0.717, 1.165) is 11.1 Å². The number of carbonyl (C=O) groups excluding carboxylic acids is 1. The molecule has 1 amide bonds. The lowest BCUT2D eigenvalue weighted by molar-refractivity contribution is -0.123. The first kappa shape index (κ1) is 19.5. The lowest BCUT2D eigenvalue weighted by Crippen LogP contribution is -2.43. The molecular weight excluding hydrogens is 387 g/mol. The van der Waals surface area contributed by atoms with E-state index in [9.17, 15) is 13.2 Å². The highest BCUT2D eigenvalue weighted by Gasteiger charge is 2.15. The predicted molar refractivity (Wildman–Crippen MR) is 96.3 cm³/mol. The summed E-state index contributed by atoms with van der Waals surface area (Å²) in [6.45, 7) is 3.29. The first-order valence-corrected chi connectivity index (χ1v) is 9.39. The van der Waals surface area contributed by atoms with Gasteiger partial charge in [0.1, 0.15) is 5.75 Å². The van der Waals surface area contributed by atoms with Crippen molar-refractivity contribution in [1.82, 2.24) is 10.3 Å². The minimum atomic E-state index is -3.89. The number of amides is 1. The zero-order chi connectivity index (χ0) is 18.6. The molecule has 0 spiro atoms. The van der Waals surface area contributed by atoms with Gasteiger partial charge >= 0.3 is 0 Å². The van der Waals surface area contributed by atoms with Gasteiger partial charge in [0.15, 0.2) is 6.61 Å². The summed E-state index contributed by atoms with van der Waals surface area (Å²) in [5.74, 6) is -0.182. The van der Waals surface area contributed by atoms with Crippen molar-refractivity contribution < 1.29 is 17.9 Å². The smallest absolute Gasteiger partial charge is 0.272 e. The Morgan fingerprint density at radius 3 is 2.20 bits per heavy atom. The van der Waals surface area contributed by atoms with E-state index in [1.54, 1.807) is 12.1 Å². The monoisotopic (exact) mass is 402 g/mol. The van der Waals surface area contributed by atoms with Crippen molar-refractivity contribution in [2.75, 3.05) is 6.61 Å². The Kier molecular flexibility index (Phi) is 6.29. The Bertz CT molecular complexity index is 861. The fourth-order valence-corrected chi connectivity index (χ4v) is 3.07. The summed E-state index contributed by atoms with van der Waals surface area (Å²) in [6, 6.07) is 8.92. The average molecular weight is 403 g/mol. The van der Waals surface area contributed by atoms with Crippen LogP contribution < -0.4 is 15.0 Å². The van der Waals surface area contributed by atoms with Crippen LogP contribution in [-0.4, -0.2) is 20.9 Å². The van der Waals surface area contributed by atoms with Gasteiger partial charge < -0.3 is 4.74 Å². The van der Waals surface area contributed by atoms with Crippen molar-refractivity contribution in [3.05, 3.63) is 57.6 Å². The van der Waals surface area contributed by atoms with Crippen LogP contribution in [-0.2, 0) is 14.8 Å². The van der Waals surface area contributed by atoms with Gasteiger partial charge in [-0.3, -0.25) is 10.2 Å². The summed E-state index contributed by atoms with van der Waals surface area (Å²) < 4.78 is 29.4. The molecule has 0 bridgehead atoms. The molecule has 25 heavy (non-hydrogen) atoms. The predicted octanol–water partition coefficient (Wildman–Crippen LogP) is 3.00. The highest BCUT2D eigenvalue weighted by molar-refractivity contribution is 7.89. The van der Waals surface area contributed by atoms with Crippen molar-refractivity contribution in [3.63, 3.8) is 0 Å². The Labute approximate surface area is 156 Å². The van der Waals surface area contributed by atoms with E-state index in [1.165, 1.54) is 24.3 Å². The second kappa shape index (κ2) is 8.05. The third-order valence-electron chi connectivity index (χ3n) is 3.23. The molecule has 0 radical (unpaired) electrons. The van der Waals surface area contributed by atoms with Gasteiger partial charge in [-0.25, -0.2) is 8.42 Å². The van der Waals surface area contributed by atoms with Crippen LogP contribution in [0.25, 0.3) is 0 Å². The van der Waals surface area contributed by atoms with Crippen LogP contribution in [0.5, 0.6) is 5.75 Å². The summed E-state index contributed by atoms with van der Waals surface area (Å²) in [4.78, 5) is 13.7. The molecular formula is C16H16Cl2N2O4S. The quantitative estimate of drug-likeness (QED) is 0.727. The van der Waals surface area contributed by atoms with Gasteiger partial charge in [-0.1, -0.05) is 23.2 Å². The highest BCUT2D eigenvalue weighted by Crippen LogP contribution is 2.25. The molecule has 134 valence electrons. The number of rotatable bonds is 6. The Morgan fingerprint density at radius 1 is 1.08 bits per heavy atom. The molecule has 0 aliphatic carbocycles. The van der Waals surface area contributed by atoms with Crippen LogP contribution in [0, 0.1) is 13.8 Å². The van der Waals surface area contributed by atoms with Crippen molar-refractivity contribution in [2.24, 2.45) is 0 Å². The summed E-state index contributed by atoms with van der Waals surface area (Å²) in [6.07, 6.45) is 0. The number of ether oxygens (including phenoxy) is 1. The zero-order valence-electron chi connectivity index (χ0n) is 13.5. The Balaban J connectivity index is 1.91. The van der Waals surface area contributed by atoms with Gasteiger partial charge in [0.2, 0.25) is 0 Å². The summed E-state index contributed by atoms with van der Waals surface area (Å²) in [5.41, 5.74) is 3.73. The molecule has 0 unspecified atom stereocenters. The molecule has 9 heteroatoms. The summed E-state index contributed by atoms with van der Waals surface area (Å²) >= 11 is 11.8. The summed E-state index contributed by atoms with van der Waals surface area (Å²) in [7, 11) is -3.89. The van der Waals surface area contributed by atoms with Crippen LogP contribution in [0.3, 0.4) is 0 Å². The minimum Gasteiger partial charge on any atom is -0.484 e. The molecule has 2 aromatic carbocycles. The van der Waals surface area contributed by atoms with Crippen molar-refractivity contribution >= 4 is 39.1 Å². The van der Waals surface area contributed by atoms with E-state index >= 15 is 0 Å². The third kappa shape index (κ3) is 5.34. The molecule has 2 aromatic rings. The molecule has 0 saturated carbocycles. The fourth-order valence-electron chi connectivity index (χ4n) is 1.97. The molecule has 0 aliphatic heterocycles. The van der Waals surface area contributed by atoms with E-state index < -0.39 is 15.9 Å². The van der Waals surface area contributed by atoms with E-state index in [2.05, 4.69) is 5.43 Å². The van der Waals surface area contributed by atoms with Gasteiger partial charge in [-0.05, 0) is 61.4 Å². The molecule has 6 nitrogen and oxygen atoms in total. The van der Waals surface area contributed by atoms with Gasteiger partial charge in [-0.2, -0.15) is 0 Å². The van der Waals surface area contributed by atoms with Crippen LogP contribution in [0.15, 0.2) is 41.3 Å². The van der Waals surface area contributed by atoms with Crippen molar-refractivity contribution in [2.45, 2.75) is 18.7 Å². The number of sulfonamides is 1. The first-order chi connectivity index (χ1) is 11.7. The normalized spacial score (nSPS) is 11.2. The van der Waals surface area contributed by atoms with Crippen molar-refractivity contribution in [3.8, 4) is 5.75 Å². The van der Waals surface area contributed by atoms with Gasteiger partial charge in [-0.15, -0.1) is 4.83 Å². The number of aryl methyl sites for hydroxylation is 2. The van der Waals surface area contributed by atoms with Crippen molar-refractivity contribution in [1.29, 1.82) is 0 Å². The number of hydrogen-bond donors (Lipinski definition) is 2. The molecule has 0 saturated heterocycles. The standard InChI is InChI=1S/C16H16Cl2N2O4S/c1-10-7-13(8-11(2)16(10)18)24-9-15(21)19-20-25(22,23)14-5-3-12(17)4-6-14/h3-8,20H,9H2,1-2H3,(H,19,21). The topological polar surface area (TPSA) is 84.5 Å². The number of nitrogens with one attached hydrogen (secondary N) is 2. The summed E-state index contributed by atoms with van der Waals surface area (Å²) in [5, 5.41) is 1.04. The van der Waals surface area contributed by atoms with Gasteiger partial charge in [0, 0.05) is 10.0 Å². The van der Waals surface area contributed by atoms with Gasteiger partial charge in [0.05, 0.1) is 4.90 Å².